The molecule has 1 heterocycles. The van der Waals surface area contributed by atoms with Crippen LogP contribution in [0.2, 0.25) is 0 Å². The average molecular weight is 361 g/mol. The summed E-state index contributed by atoms with van der Waals surface area (Å²) in [6.07, 6.45) is 5.26. The van der Waals surface area contributed by atoms with Crippen LogP contribution in [0.15, 0.2) is 60.7 Å². The zero-order chi connectivity index (χ0) is 19.1. The molecule has 1 N–H and O–H groups in total. The van der Waals surface area contributed by atoms with E-state index in [1.54, 1.807) is 6.08 Å². The molecule has 1 atom stereocenters. The van der Waals surface area contributed by atoms with E-state index in [1.807, 2.05) is 48.5 Å². The number of nitrogens with one attached hydrogen (secondary N) is 1. The Kier molecular flexibility index (Phi) is 6.42. The average Bonchev–Trinajstić information content (AvgIpc) is 3.04. The van der Waals surface area contributed by atoms with E-state index in [0.29, 0.717) is 12.5 Å². The molecule has 0 aliphatic carbocycles. The van der Waals surface area contributed by atoms with Gasteiger partial charge in [0, 0.05) is 25.6 Å². The van der Waals surface area contributed by atoms with Gasteiger partial charge >= 0.3 is 0 Å². The maximum absolute atomic E-state index is 12.1. The summed E-state index contributed by atoms with van der Waals surface area (Å²) in [5.74, 6) is 1.54. The minimum absolute atomic E-state index is 0.0801. The molecule has 0 saturated heterocycles. The zero-order valence-corrected chi connectivity index (χ0v) is 16.1. The summed E-state index contributed by atoms with van der Waals surface area (Å²) in [6.45, 7) is 5.99. The molecule has 27 heavy (non-hydrogen) atoms. The topological polar surface area (TPSA) is 46.9 Å². The third-order valence-corrected chi connectivity index (χ3v) is 4.80. The normalized spacial score (nSPS) is 12.5. The van der Waals surface area contributed by atoms with Crippen LogP contribution in [0.4, 0.5) is 0 Å². The van der Waals surface area contributed by atoms with Crippen LogP contribution in [0.1, 0.15) is 31.7 Å². The van der Waals surface area contributed by atoms with E-state index in [4.69, 9.17) is 4.98 Å². The van der Waals surface area contributed by atoms with E-state index < -0.39 is 0 Å². The summed E-state index contributed by atoms with van der Waals surface area (Å²) >= 11 is 0. The van der Waals surface area contributed by atoms with Crippen molar-refractivity contribution >= 4 is 23.0 Å². The number of imidazole rings is 1. The van der Waals surface area contributed by atoms with Crippen LogP contribution in [-0.4, -0.2) is 22.0 Å². The lowest BCUT2D eigenvalue weighted by Crippen LogP contribution is -2.24. The highest BCUT2D eigenvalue weighted by Gasteiger charge is 2.12. The molecule has 4 heteroatoms. The van der Waals surface area contributed by atoms with E-state index >= 15 is 0 Å². The minimum atomic E-state index is -0.0801. The van der Waals surface area contributed by atoms with Gasteiger partial charge in [-0.25, -0.2) is 4.98 Å². The number of aromatic nitrogens is 2. The summed E-state index contributed by atoms with van der Waals surface area (Å²) in [5, 5.41) is 2.96. The van der Waals surface area contributed by atoms with Crippen LogP contribution >= 0.6 is 0 Å². The van der Waals surface area contributed by atoms with Crippen LogP contribution in [-0.2, 0) is 17.8 Å². The molecule has 0 saturated carbocycles. The first-order valence-electron chi connectivity index (χ1n) is 9.62. The van der Waals surface area contributed by atoms with Gasteiger partial charge in [-0.05, 0) is 29.7 Å². The number of carbonyl (C=O) groups is 1. The number of para-hydroxylation sites is 2. The first-order chi connectivity index (χ1) is 13.2. The van der Waals surface area contributed by atoms with Gasteiger partial charge in [-0.2, -0.15) is 0 Å². The number of rotatable bonds is 8. The number of amides is 1. The Morgan fingerprint density at radius 2 is 1.89 bits per heavy atom. The highest BCUT2D eigenvalue weighted by molar-refractivity contribution is 5.91. The molecule has 1 aromatic heterocycles. The lowest BCUT2D eigenvalue weighted by molar-refractivity contribution is -0.116. The second-order valence-corrected chi connectivity index (χ2v) is 6.93. The van der Waals surface area contributed by atoms with Crippen molar-refractivity contribution in [1.82, 2.24) is 14.9 Å². The molecule has 3 rings (SSSR count). The molecular formula is C23H27N3O. The predicted molar refractivity (Wildman–Crippen MR) is 111 cm³/mol. The minimum Gasteiger partial charge on any atom is -0.352 e. The van der Waals surface area contributed by atoms with Crippen molar-refractivity contribution < 1.29 is 4.79 Å². The highest BCUT2D eigenvalue weighted by Crippen LogP contribution is 2.19. The smallest absolute Gasteiger partial charge is 0.244 e. The lowest BCUT2D eigenvalue weighted by atomic mass is 10.1. The maximum Gasteiger partial charge on any atom is 0.244 e. The van der Waals surface area contributed by atoms with Crippen LogP contribution in [0.25, 0.3) is 17.1 Å². The van der Waals surface area contributed by atoms with Crippen molar-refractivity contribution in [3.05, 3.63) is 72.1 Å². The van der Waals surface area contributed by atoms with Gasteiger partial charge in [0.2, 0.25) is 5.91 Å². The largest absolute Gasteiger partial charge is 0.352 e. The predicted octanol–water partition coefficient (Wildman–Crippen LogP) is 4.45. The van der Waals surface area contributed by atoms with Crippen molar-refractivity contribution in [3.63, 3.8) is 0 Å². The molecule has 140 valence electrons. The maximum atomic E-state index is 12.1. The Balaban J connectivity index is 1.63. The molecule has 0 aliphatic rings. The van der Waals surface area contributed by atoms with Crippen LogP contribution in [0.3, 0.4) is 0 Å². The van der Waals surface area contributed by atoms with Gasteiger partial charge < -0.3 is 9.88 Å². The molecule has 0 radical (unpaired) electrons. The van der Waals surface area contributed by atoms with Crippen LogP contribution in [0, 0.1) is 5.92 Å². The first kappa shape index (κ1) is 18.9. The highest BCUT2D eigenvalue weighted by atomic mass is 16.1. The van der Waals surface area contributed by atoms with Crippen molar-refractivity contribution in [2.24, 2.45) is 5.92 Å². The summed E-state index contributed by atoms with van der Waals surface area (Å²) in [6, 6.07) is 18.1. The molecule has 0 aliphatic heterocycles. The van der Waals surface area contributed by atoms with Crippen molar-refractivity contribution in [3.8, 4) is 0 Å². The fourth-order valence-electron chi connectivity index (χ4n) is 3.05. The fraction of sp³-hybridized carbons (Fsp3) is 0.304. The van der Waals surface area contributed by atoms with Gasteiger partial charge in [0.25, 0.3) is 0 Å². The third-order valence-electron chi connectivity index (χ3n) is 4.80. The van der Waals surface area contributed by atoms with E-state index in [0.717, 1.165) is 36.3 Å². The van der Waals surface area contributed by atoms with Crippen molar-refractivity contribution in [2.45, 2.75) is 33.2 Å². The lowest BCUT2D eigenvalue weighted by Gasteiger charge is -2.14. The summed E-state index contributed by atoms with van der Waals surface area (Å²) in [7, 11) is 0. The van der Waals surface area contributed by atoms with Crippen LogP contribution < -0.4 is 5.32 Å². The fourth-order valence-corrected chi connectivity index (χ4v) is 3.05. The monoisotopic (exact) mass is 361 g/mol. The Hall–Kier alpha value is -2.88. The Labute approximate surface area is 160 Å². The van der Waals surface area contributed by atoms with Gasteiger partial charge in [0.15, 0.2) is 0 Å². The van der Waals surface area contributed by atoms with Gasteiger partial charge in [-0.1, -0.05) is 62.7 Å². The summed E-state index contributed by atoms with van der Waals surface area (Å²) in [5.41, 5.74) is 3.21. The number of fused-ring (bicyclic) bond motifs is 1. The Bertz CT molecular complexity index is 912. The molecule has 0 fully saturated rings. The standard InChI is InChI=1S/C23H27N3O/c1-3-18(2)17-26-21-12-8-7-11-20(21)25-22(26)15-16-24-23(27)14-13-19-9-5-4-6-10-19/h4-14,18H,3,15-17H2,1-2H3,(H,24,27)/b14-13+. The van der Waals surface area contributed by atoms with E-state index in [2.05, 4.69) is 35.9 Å². The first-order valence-corrected chi connectivity index (χ1v) is 9.62. The summed E-state index contributed by atoms with van der Waals surface area (Å²) in [4.78, 5) is 16.8. The van der Waals surface area contributed by atoms with Gasteiger partial charge in [-0.3, -0.25) is 4.79 Å². The molecule has 0 spiro atoms. The zero-order valence-electron chi connectivity index (χ0n) is 16.1. The van der Waals surface area contributed by atoms with E-state index in [1.165, 1.54) is 5.52 Å². The molecule has 1 amide bonds. The number of hydrogen-bond acceptors (Lipinski definition) is 2. The number of nitrogens with zero attached hydrogens (tertiary/aromatic N) is 2. The molecule has 1 unspecified atom stereocenters. The quantitative estimate of drug-likeness (QED) is 0.602. The molecule has 4 nitrogen and oxygen atoms in total. The second-order valence-electron chi connectivity index (χ2n) is 6.93. The van der Waals surface area contributed by atoms with Crippen molar-refractivity contribution in [1.29, 1.82) is 0 Å². The molecule has 3 aromatic rings. The van der Waals surface area contributed by atoms with Crippen molar-refractivity contribution in [2.75, 3.05) is 6.54 Å². The van der Waals surface area contributed by atoms with E-state index in [9.17, 15) is 4.79 Å². The van der Waals surface area contributed by atoms with Gasteiger partial charge in [-0.15, -0.1) is 0 Å². The molecular weight excluding hydrogens is 334 g/mol. The molecule has 0 bridgehead atoms. The Morgan fingerprint density at radius 3 is 2.67 bits per heavy atom. The van der Waals surface area contributed by atoms with Gasteiger partial charge in [0.1, 0.15) is 5.82 Å². The number of carbonyl (C=O) groups excluding carboxylic acids is 1. The van der Waals surface area contributed by atoms with E-state index in [-0.39, 0.29) is 5.91 Å². The second kappa shape index (κ2) is 9.17. The SMILES string of the molecule is CCC(C)Cn1c(CCNC(=O)/C=C/c2ccccc2)nc2ccccc21. The van der Waals surface area contributed by atoms with Crippen LogP contribution in [0.5, 0.6) is 0 Å². The molecule has 2 aromatic carbocycles. The number of benzene rings is 2. The number of hydrogen-bond donors (Lipinski definition) is 1. The van der Waals surface area contributed by atoms with Gasteiger partial charge in [0.05, 0.1) is 11.0 Å². The third kappa shape index (κ3) is 5.07. The summed E-state index contributed by atoms with van der Waals surface area (Å²) < 4.78 is 2.30. The Morgan fingerprint density at radius 1 is 1.15 bits per heavy atom.